The second-order valence-electron chi connectivity index (χ2n) is 5.68. The first-order chi connectivity index (χ1) is 7.53. The molecule has 0 spiro atoms. The number of hydrogen-bond acceptors (Lipinski definition) is 3. The molecule has 0 radical (unpaired) electrons. The van der Waals surface area contributed by atoms with Gasteiger partial charge in [-0.1, -0.05) is 13.3 Å². The molecule has 1 rings (SSSR count). The van der Waals surface area contributed by atoms with E-state index in [1.807, 2.05) is 0 Å². The lowest BCUT2D eigenvalue weighted by Crippen LogP contribution is -2.54. The molecule has 1 aliphatic carbocycles. The van der Waals surface area contributed by atoms with Crippen LogP contribution in [0.5, 0.6) is 0 Å². The molecule has 0 bridgehead atoms. The summed E-state index contributed by atoms with van der Waals surface area (Å²) in [5, 5.41) is 0. The van der Waals surface area contributed by atoms with Crippen LogP contribution in [0, 0.1) is 5.92 Å². The highest BCUT2D eigenvalue weighted by molar-refractivity contribution is 4.99. The fourth-order valence-corrected chi connectivity index (χ4v) is 3.10. The molecular formula is C13H29N3. The highest BCUT2D eigenvalue weighted by Crippen LogP contribution is 2.38. The fraction of sp³-hybridized carbons (Fsp3) is 1.00. The van der Waals surface area contributed by atoms with Crippen molar-refractivity contribution in [2.75, 3.05) is 40.8 Å². The molecule has 3 nitrogen and oxygen atoms in total. The van der Waals surface area contributed by atoms with Crippen LogP contribution in [-0.4, -0.2) is 56.1 Å². The standard InChI is InChI=1S/C13H29N3/c1-12-7-5-8-13(12,11-14)16(4)10-6-9-15(2)3/h12H,5-11,14H2,1-4H3. The van der Waals surface area contributed by atoms with E-state index < -0.39 is 0 Å². The predicted molar refractivity (Wildman–Crippen MR) is 70.6 cm³/mol. The van der Waals surface area contributed by atoms with Gasteiger partial charge < -0.3 is 10.6 Å². The number of likely N-dealkylation sites (N-methyl/N-ethyl adjacent to an activating group) is 1. The number of nitrogens with two attached hydrogens (primary N) is 1. The first-order valence-electron chi connectivity index (χ1n) is 6.59. The van der Waals surface area contributed by atoms with Crippen molar-refractivity contribution in [3.8, 4) is 0 Å². The second kappa shape index (κ2) is 5.99. The summed E-state index contributed by atoms with van der Waals surface area (Å²) >= 11 is 0. The van der Waals surface area contributed by atoms with Gasteiger partial charge in [0.2, 0.25) is 0 Å². The van der Waals surface area contributed by atoms with Gasteiger partial charge in [-0.2, -0.15) is 0 Å². The number of rotatable bonds is 6. The summed E-state index contributed by atoms with van der Waals surface area (Å²) in [5.41, 5.74) is 6.32. The molecular weight excluding hydrogens is 198 g/mol. The maximum atomic E-state index is 6.04. The van der Waals surface area contributed by atoms with Gasteiger partial charge in [-0.25, -0.2) is 0 Å². The van der Waals surface area contributed by atoms with Crippen LogP contribution in [0.25, 0.3) is 0 Å². The van der Waals surface area contributed by atoms with Crippen molar-refractivity contribution in [3.05, 3.63) is 0 Å². The normalized spacial score (nSPS) is 30.6. The molecule has 0 heterocycles. The zero-order valence-corrected chi connectivity index (χ0v) is 11.5. The maximum absolute atomic E-state index is 6.04. The first kappa shape index (κ1) is 13.9. The predicted octanol–water partition coefficient (Wildman–Crippen LogP) is 1.39. The Morgan fingerprint density at radius 3 is 2.38 bits per heavy atom. The van der Waals surface area contributed by atoms with E-state index in [0.717, 1.165) is 12.5 Å². The van der Waals surface area contributed by atoms with E-state index in [9.17, 15) is 0 Å². The van der Waals surface area contributed by atoms with Gasteiger partial charge in [0, 0.05) is 12.1 Å². The summed E-state index contributed by atoms with van der Waals surface area (Å²) in [4.78, 5) is 4.77. The molecule has 0 aromatic heterocycles. The van der Waals surface area contributed by atoms with Crippen molar-refractivity contribution < 1.29 is 0 Å². The summed E-state index contributed by atoms with van der Waals surface area (Å²) in [6, 6.07) is 0. The van der Waals surface area contributed by atoms with E-state index in [0.29, 0.717) is 0 Å². The minimum absolute atomic E-state index is 0.284. The van der Waals surface area contributed by atoms with E-state index in [2.05, 4.69) is 37.9 Å². The molecule has 2 N–H and O–H groups in total. The minimum atomic E-state index is 0.284. The Labute approximate surface area is 101 Å². The molecule has 3 heteroatoms. The molecule has 16 heavy (non-hydrogen) atoms. The summed E-state index contributed by atoms with van der Waals surface area (Å²) in [5.74, 6) is 0.752. The molecule has 2 unspecified atom stereocenters. The van der Waals surface area contributed by atoms with Gasteiger partial charge in [-0.15, -0.1) is 0 Å². The Hall–Kier alpha value is -0.120. The van der Waals surface area contributed by atoms with E-state index in [-0.39, 0.29) is 5.54 Å². The topological polar surface area (TPSA) is 32.5 Å². The molecule has 0 saturated heterocycles. The molecule has 1 saturated carbocycles. The van der Waals surface area contributed by atoms with Crippen LogP contribution in [0.3, 0.4) is 0 Å². The van der Waals surface area contributed by atoms with E-state index >= 15 is 0 Å². The molecule has 2 atom stereocenters. The van der Waals surface area contributed by atoms with Crippen molar-refractivity contribution >= 4 is 0 Å². The van der Waals surface area contributed by atoms with Crippen LogP contribution >= 0.6 is 0 Å². The van der Waals surface area contributed by atoms with Gasteiger partial charge >= 0.3 is 0 Å². The van der Waals surface area contributed by atoms with Gasteiger partial charge in [-0.05, 0) is 59.4 Å². The summed E-state index contributed by atoms with van der Waals surface area (Å²) in [6.07, 6.45) is 5.20. The van der Waals surface area contributed by atoms with Gasteiger partial charge in [0.25, 0.3) is 0 Å². The lowest BCUT2D eigenvalue weighted by Gasteiger charge is -2.42. The third kappa shape index (κ3) is 2.96. The maximum Gasteiger partial charge on any atom is 0.0354 e. The van der Waals surface area contributed by atoms with Crippen LogP contribution in [-0.2, 0) is 0 Å². The van der Waals surface area contributed by atoms with E-state index in [1.165, 1.54) is 38.8 Å². The molecule has 1 aliphatic rings. The summed E-state index contributed by atoms with van der Waals surface area (Å²) in [6.45, 7) is 5.51. The third-order valence-electron chi connectivity index (χ3n) is 4.38. The largest absolute Gasteiger partial charge is 0.329 e. The Bertz CT molecular complexity index is 205. The molecule has 0 aromatic carbocycles. The van der Waals surface area contributed by atoms with Crippen LogP contribution < -0.4 is 5.73 Å². The van der Waals surface area contributed by atoms with Crippen molar-refractivity contribution in [2.45, 2.75) is 38.1 Å². The van der Waals surface area contributed by atoms with Crippen molar-refractivity contribution in [1.82, 2.24) is 9.80 Å². The van der Waals surface area contributed by atoms with E-state index in [1.54, 1.807) is 0 Å². The lowest BCUT2D eigenvalue weighted by atomic mass is 9.86. The number of nitrogens with zero attached hydrogens (tertiary/aromatic N) is 2. The van der Waals surface area contributed by atoms with Gasteiger partial charge in [0.1, 0.15) is 0 Å². The quantitative estimate of drug-likeness (QED) is 0.744. The van der Waals surface area contributed by atoms with Crippen LogP contribution in [0.1, 0.15) is 32.6 Å². The monoisotopic (exact) mass is 227 g/mol. The average molecular weight is 227 g/mol. The molecule has 0 amide bonds. The second-order valence-corrected chi connectivity index (χ2v) is 5.68. The minimum Gasteiger partial charge on any atom is -0.329 e. The van der Waals surface area contributed by atoms with Gasteiger partial charge in [-0.3, -0.25) is 4.90 Å². The Morgan fingerprint density at radius 2 is 1.94 bits per heavy atom. The Kier molecular flexibility index (Phi) is 5.22. The van der Waals surface area contributed by atoms with Gasteiger partial charge in [0.15, 0.2) is 0 Å². The molecule has 96 valence electrons. The van der Waals surface area contributed by atoms with Crippen LogP contribution in [0.4, 0.5) is 0 Å². The molecule has 0 aromatic rings. The van der Waals surface area contributed by atoms with E-state index in [4.69, 9.17) is 5.73 Å². The zero-order valence-electron chi connectivity index (χ0n) is 11.5. The fourth-order valence-electron chi connectivity index (χ4n) is 3.10. The Balaban J connectivity index is 2.46. The molecule has 1 fully saturated rings. The SMILES string of the molecule is CC1CCCC1(CN)N(C)CCCN(C)C. The van der Waals surface area contributed by atoms with Crippen molar-refractivity contribution in [3.63, 3.8) is 0 Å². The third-order valence-corrected chi connectivity index (χ3v) is 4.38. The smallest absolute Gasteiger partial charge is 0.0354 e. The molecule has 0 aliphatic heterocycles. The first-order valence-corrected chi connectivity index (χ1v) is 6.59. The highest BCUT2D eigenvalue weighted by Gasteiger charge is 2.41. The highest BCUT2D eigenvalue weighted by atomic mass is 15.2. The van der Waals surface area contributed by atoms with Gasteiger partial charge in [0.05, 0.1) is 0 Å². The van der Waals surface area contributed by atoms with Crippen LogP contribution in [0.15, 0.2) is 0 Å². The number of hydrogen-bond donors (Lipinski definition) is 1. The lowest BCUT2D eigenvalue weighted by molar-refractivity contribution is 0.0879. The summed E-state index contributed by atoms with van der Waals surface area (Å²) in [7, 11) is 6.53. The Morgan fingerprint density at radius 1 is 1.25 bits per heavy atom. The summed E-state index contributed by atoms with van der Waals surface area (Å²) < 4.78 is 0. The van der Waals surface area contributed by atoms with Crippen LogP contribution in [0.2, 0.25) is 0 Å². The zero-order chi connectivity index (χ0) is 12.2. The average Bonchev–Trinajstić information content (AvgIpc) is 2.60. The van der Waals surface area contributed by atoms with Crippen molar-refractivity contribution in [2.24, 2.45) is 11.7 Å². The van der Waals surface area contributed by atoms with Crippen molar-refractivity contribution in [1.29, 1.82) is 0 Å².